The maximum absolute atomic E-state index is 10.9. The van der Waals surface area contributed by atoms with E-state index in [1.54, 1.807) is 13.0 Å². The van der Waals surface area contributed by atoms with Crippen LogP contribution in [0.3, 0.4) is 0 Å². The molecule has 4 nitrogen and oxygen atoms in total. The molecule has 0 saturated heterocycles. The van der Waals surface area contributed by atoms with Gasteiger partial charge in [0.25, 0.3) is 0 Å². The Morgan fingerprint density at radius 2 is 1.96 bits per heavy atom. The standard InChI is InChI=1S/C23H31NO3/c1-5-9-20(15-17-24-16-8-10-19(4)25)11-12-21-13-14-22(26-6-2)18-23(21)27-7-3/h5,9,11-15,17-18,24H,1,6-8,10,16H2,2-4H3/b12-11+,17-15-,20-9-. The van der Waals surface area contributed by atoms with Crippen LogP contribution >= 0.6 is 0 Å². The minimum atomic E-state index is 0.219. The highest BCUT2D eigenvalue weighted by Gasteiger charge is 2.03. The lowest BCUT2D eigenvalue weighted by Gasteiger charge is -2.10. The molecule has 27 heavy (non-hydrogen) atoms. The second kappa shape index (κ2) is 13.5. The molecular weight excluding hydrogens is 338 g/mol. The first-order chi connectivity index (χ1) is 13.1. The Labute approximate surface area is 163 Å². The Hall–Kier alpha value is -2.75. The molecule has 1 aromatic rings. The lowest BCUT2D eigenvalue weighted by molar-refractivity contribution is -0.117. The largest absolute Gasteiger partial charge is 0.494 e. The van der Waals surface area contributed by atoms with Crippen LogP contribution in [-0.4, -0.2) is 25.5 Å². The van der Waals surface area contributed by atoms with Gasteiger partial charge < -0.3 is 19.6 Å². The Morgan fingerprint density at radius 3 is 2.63 bits per heavy atom. The van der Waals surface area contributed by atoms with Crippen molar-refractivity contribution in [3.63, 3.8) is 0 Å². The van der Waals surface area contributed by atoms with Crippen LogP contribution in [0.1, 0.15) is 39.2 Å². The summed E-state index contributed by atoms with van der Waals surface area (Å²) in [4.78, 5) is 10.9. The molecule has 146 valence electrons. The maximum Gasteiger partial charge on any atom is 0.130 e. The summed E-state index contributed by atoms with van der Waals surface area (Å²) < 4.78 is 11.3. The van der Waals surface area contributed by atoms with Crippen LogP contribution < -0.4 is 14.8 Å². The maximum atomic E-state index is 10.9. The molecule has 0 spiro atoms. The number of ketones is 1. The third kappa shape index (κ3) is 9.50. The van der Waals surface area contributed by atoms with E-state index < -0.39 is 0 Å². The molecule has 0 atom stereocenters. The average Bonchev–Trinajstić information content (AvgIpc) is 2.64. The van der Waals surface area contributed by atoms with Crippen LogP contribution in [0.5, 0.6) is 11.5 Å². The number of carbonyl (C=O) groups is 1. The summed E-state index contributed by atoms with van der Waals surface area (Å²) in [6, 6.07) is 5.84. The number of hydrogen-bond donors (Lipinski definition) is 1. The number of rotatable bonds is 13. The van der Waals surface area contributed by atoms with Crippen molar-refractivity contribution in [2.75, 3.05) is 19.8 Å². The zero-order chi connectivity index (χ0) is 19.9. The number of carbonyl (C=O) groups excluding carboxylic acids is 1. The predicted molar refractivity (Wildman–Crippen MR) is 113 cm³/mol. The summed E-state index contributed by atoms with van der Waals surface area (Å²) in [6.07, 6.45) is 13.0. The zero-order valence-corrected chi connectivity index (χ0v) is 16.7. The minimum Gasteiger partial charge on any atom is -0.494 e. The number of ether oxygens (including phenoxy) is 2. The van der Waals surface area contributed by atoms with Crippen LogP contribution in [-0.2, 0) is 4.79 Å². The van der Waals surface area contributed by atoms with E-state index in [4.69, 9.17) is 9.47 Å². The molecule has 0 aliphatic carbocycles. The van der Waals surface area contributed by atoms with Gasteiger partial charge in [-0.3, -0.25) is 0 Å². The highest BCUT2D eigenvalue weighted by atomic mass is 16.5. The summed E-state index contributed by atoms with van der Waals surface area (Å²) in [5, 5.41) is 3.20. The highest BCUT2D eigenvalue weighted by Crippen LogP contribution is 2.26. The Morgan fingerprint density at radius 1 is 1.19 bits per heavy atom. The van der Waals surface area contributed by atoms with Crippen molar-refractivity contribution in [1.82, 2.24) is 5.32 Å². The lowest BCUT2D eigenvalue weighted by Crippen LogP contribution is -2.08. The molecule has 0 amide bonds. The van der Waals surface area contributed by atoms with Gasteiger partial charge in [-0.25, -0.2) is 0 Å². The van der Waals surface area contributed by atoms with Crippen molar-refractivity contribution >= 4 is 11.9 Å². The van der Waals surface area contributed by atoms with Gasteiger partial charge in [-0.15, -0.1) is 0 Å². The van der Waals surface area contributed by atoms with Crippen molar-refractivity contribution in [2.24, 2.45) is 0 Å². The van der Waals surface area contributed by atoms with Crippen molar-refractivity contribution < 1.29 is 14.3 Å². The number of benzene rings is 1. The zero-order valence-electron chi connectivity index (χ0n) is 16.7. The second-order valence-corrected chi connectivity index (χ2v) is 5.89. The van der Waals surface area contributed by atoms with Gasteiger partial charge >= 0.3 is 0 Å². The topological polar surface area (TPSA) is 47.6 Å². The van der Waals surface area contributed by atoms with Crippen LogP contribution in [0.2, 0.25) is 0 Å². The molecule has 0 fully saturated rings. The summed E-state index contributed by atoms with van der Waals surface area (Å²) in [5.74, 6) is 1.81. The van der Waals surface area contributed by atoms with Crippen LogP contribution in [0.4, 0.5) is 0 Å². The van der Waals surface area contributed by atoms with Crippen LogP contribution in [0.25, 0.3) is 6.08 Å². The second-order valence-electron chi connectivity index (χ2n) is 5.89. The van der Waals surface area contributed by atoms with E-state index in [-0.39, 0.29) is 5.78 Å². The van der Waals surface area contributed by atoms with Gasteiger partial charge in [-0.05, 0) is 57.2 Å². The van der Waals surface area contributed by atoms with Gasteiger partial charge in [-0.2, -0.15) is 0 Å². The van der Waals surface area contributed by atoms with Gasteiger partial charge in [0.15, 0.2) is 0 Å². The van der Waals surface area contributed by atoms with Gasteiger partial charge in [0.2, 0.25) is 0 Å². The van der Waals surface area contributed by atoms with Crippen molar-refractivity contribution in [2.45, 2.75) is 33.6 Å². The molecule has 1 rings (SSSR count). The molecule has 0 aromatic heterocycles. The smallest absolute Gasteiger partial charge is 0.130 e. The molecule has 0 aliphatic heterocycles. The highest BCUT2D eigenvalue weighted by molar-refractivity contribution is 5.75. The Balaban J connectivity index is 2.78. The normalized spacial score (nSPS) is 11.7. The van der Waals surface area contributed by atoms with Crippen molar-refractivity contribution in [3.05, 3.63) is 66.4 Å². The lowest BCUT2D eigenvalue weighted by atomic mass is 10.1. The molecule has 0 saturated carbocycles. The first kappa shape index (κ1) is 22.3. The van der Waals surface area contributed by atoms with Gasteiger partial charge in [0.05, 0.1) is 13.2 Å². The number of hydrogen-bond acceptors (Lipinski definition) is 4. The first-order valence-electron chi connectivity index (χ1n) is 9.40. The van der Waals surface area contributed by atoms with E-state index in [9.17, 15) is 4.79 Å². The fraction of sp³-hybridized carbons (Fsp3) is 0.348. The first-order valence-corrected chi connectivity index (χ1v) is 9.40. The molecule has 0 aliphatic rings. The van der Waals surface area contributed by atoms with Crippen LogP contribution in [0, 0.1) is 0 Å². The minimum absolute atomic E-state index is 0.219. The molecule has 0 unspecified atom stereocenters. The SMILES string of the molecule is C=C/C=C(\C=C/NCCCC(C)=O)/C=C/c1ccc(OCC)cc1OCC. The average molecular weight is 370 g/mol. The van der Waals surface area contributed by atoms with E-state index in [1.807, 2.05) is 62.6 Å². The predicted octanol–water partition coefficient (Wildman–Crippen LogP) is 5.08. The van der Waals surface area contributed by atoms with E-state index >= 15 is 0 Å². The Kier molecular flexibility index (Phi) is 11.1. The monoisotopic (exact) mass is 369 g/mol. The third-order valence-electron chi connectivity index (χ3n) is 3.61. The molecule has 0 radical (unpaired) electrons. The summed E-state index contributed by atoms with van der Waals surface area (Å²) in [5.41, 5.74) is 1.98. The molecule has 0 heterocycles. The van der Waals surface area contributed by atoms with E-state index in [2.05, 4.69) is 11.9 Å². The number of Topliss-reactive ketones (excluding diaryl/α,β-unsaturated/α-hetero) is 1. The summed E-state index contributed by atoms with van der Waals surface area (Å²) in [7, 11) is 0. The van der Waals surface area contributed by atoms with Gasteiger partial charge in [0.1, 0.15) is 17.3 Å². The molecule has 0 bridgehead atoms. The van der Waals surface area contributed by atoms with E-state index in [1.165, 1.54) is 0 Å². The molecule has 4 heteroatoms. The number of nitrogens with one attached hydrogen (secondary N) is 1. The molecule has 1 N–H and O–H groups in total. The van der Waals surface area contributed by atoms with Crippen LogP contribution in [0.15, 0.2) is 60.9 Å². The fourth-order valence-corrected chi connectivity index (χ4v) is 2.36. The summed E-state index contributed by atoms with van der Waals surface area (Å²) in [6.45, 7) is 11.3. The van der Waals surface area contributed by atoms with Gasteiger partial charge in [0, 0.05) is 24.6 Å². The molecule has 1 aromatic carbocycles. The third-order valence-corrected chi connectivity index (χ3v) is 3.61. The van der Waals surface area contributed by atoms with Crippen molar-refractivity contribution in [3.8, 4) is 11.5 Å². The van der Waals surface area contributed by atoms with E-state index in [0.717, 1.165) is 35.6 Å². The van der Waals surface area contributed by atoms with Gasteiger partial charge in [-0.1, -0.05) is 30.9 Å². The fourth-order valence-electron chi connectivity index (χ4n) is 2.36. The Bertz CT molecular complexity index is 687. The number of allylic oxidation sites excluding steroid dienone is 5. The molecular formula is C23H31NO3. The summed E-state index contributed by atoms with van der Waals surface area (Å²) >= 11 is 0. The van der Waals surface area contributed by atoms with Crippen molar-refractivity contribution in [1.29, 1.82) is 0 Å². The van der Waals surface area contributed by atoms with E-state index in [0.29, 0.717) is 19.6 Å². The quantitative estimate of drug-likeness (QED) is 0.389.